The lowest BCUT2D eigenvalue weighted by molar-refractivity contribution is -0.149. The first kappa shape index (κ1) is 109. The second kappa shape index (κ2) is 51.1. The summed E-state index contributed by atoms with van der Waals surface area (Å²) >= 11 is 0.648. The number of thioether (sulfide) groups is 1. The number of nitrogens with one attached hydrogen (secondary N) is 15. The second-order valence-electron chi connectivity index (χ2n) is 35.5. The van der Waals surface area contributed by atoms with E-state index in [-0.39, 0.29) is 95.0 Å². The summed E-state index contributed by atoms with van der Waals surface area (Å²) in [5.41, 5.74) is 17.9. The highest BCUT2D eigenvalue weighted by molar-refractivity contribution is 8.00. The van der Waals surface area contributed by atoms with Crippen molar-refractivity contribution in [2.75, 3.05) is 65.4 Å². The van der Waals surface area contributed by atoms with Gasteiger partial charge in [0.1, 0.15) is 84.6 Å². The zero-order chi connectivity index (χ0) is 102. The van der Waals surface area contributed by atoms with E-state index >= 15 is 38.4 Å². The number of aliphatic hydroxyl groups is 2. The van der Waals surface area contributed by atoms with Crippen LogP contribution in [0.3, 0.4) is 0 Å². The molecule has 15 atom stereocenters. The Kier molecular flexibility index (Phi) is 40.0. The highest BCUT2D eigenvalue weighted by Crippen LogP contribution is 2.32. The normalized spacial score (nSPS) is 24.5. The quantitative estimate of drug-likeness (QED) is 0.0165. The number of alkyl halides is 3. The summed E-state index contributed by atoms with van der Waals surface area (Å²) in [6, 6.07) is -5.21. The number of rotatable bonds is 26. The monoisotopic (exact) mass is 1960 g/mol. The van der Waals surface area contributed by atoms with Gasteiger partial charge in [0.2, 0.25) is 100 Å². The Bertz CT molecular complexity index is 5390. The number of fused-ring (bicyclic) bond motifs is 4. The first-order valence-corrected chi connectivity index (χ1v) is 47.3. The molecule has 3 saturated heterocycles. The van der Waals surface area contributed by atoms with Crippen LogP contribution in [0.4, 0.5) is 13.2 Å². The van der Waals surface area contributed by atoms with Crippen molar-refractivity contribution in [3.05, 3.63) is 126 Å². The van der Waals surface area contributed by atoms with E-state index in [0.717, 1.165) is 43.7 Å². The first-order valence-electron chi connectivity index (χ1n) is 46.2. The molecule has 0 bridgehead atoms. The van der Waals surface area contributed by atoms with Crippen LogP contribution in [-0.4, -0.2) is 317 Å². The SMILES string of the molecule is CCCC[C@H]1C(=O)N(C)[C@@H](CCCC)C(=O)N[C@@H](CCCNC(=N)N)C(=O)N[C@H](C(=O)NCC(N)=O)CSCC(=O)N[C@@H](Cc2cccc(C(F)(F)F)c2)C(=O)N(C)[C@@H](C)C(=O)N[C@@H](CC(N)=O)C(=O)N2CCC[C@H]2C(=O)N[C@@H](Cc2cnc[nH]2)C(=O)N[C@@H](CC(C)C)C(=O)N2C[C@H](O)C[C@H]2C(=O)N[C@@H](Cc2c[nH]c3ccccc23)C(=O)N[C@@H](CO)C(=O)N[C@@H](Cc2c[nH]c3ccccc23)C(=O)N1C. The molecule has 47 heteroatoms. The van der Waals surface area contributed by atoms with Crippen LogP contribution in [0.1, 0.15) is 146 Å². The number of H-pyrrole nitrogens is 3. The lowest BCUT2D eigenvalue weighted by Crippen LogP contribution is -2.62. The van der Waals surface area contributed by atoms with E-state index in [4.69, 9.17) is 22.6 Å². The minimum absolute atomic E-state index is 0.0127. The number of carbonyl (C=O) groups is 17. The third kappa shape index (κ3) is 30.4. The van der Waals surface area contributed by atoms with Crippen molar-refractivity contribution in [3.8, 4) is 0 Å². The van der Waals surface area contributed by atoms with E-state index in [2.05, 4.69) is 78.4 Å². The van der Waals surface area contributed by atoms with E-state index in [1.807, 2.05) is 6.92 Å². The standard InChI is InChI=1S/C92H127F3N24O19S/c1-9-11-27-70-83(131)107-61(26-18-30-101-91(98)99)79(127)114-69(78(126)104-43-75(97)123)46-139-47-76(124)106-65(34-51-20-17-21-54(33-51)92(93,94)95)86(134)115(6)50(5)77(125)110-67(39-74(96)122)88(136)118-31-19-29-71(118)84(132)109-63(37-55-42-100-48-105-55)81(129)111-64(32-49(3)4)89(137)119-44-56(121)38-73(119)85(133)108-62(35-52-40-102-59-24-15-13-22-57(52)59)80(128)113-68(45-120)82(130)112-66(36-53-41-103-60-25-16-14-23-58(53)60)87(135)117(8)72(28-12-10-2)90(138)116(70)7/h13-17,20-25,33,40-42,48-50,56,61-73,102-103,120-121H,9-12,18-19,26-32,34-39,43-47H2,1-8H3,(H2,96,122)(H2,97,123)(H,100,105)(H,104,126)(H,106,124)(H,107,131)(H,108,133)(H,109,132)(H,110,125)(H,111,129)(H,112,130)(H,113,128)(H,114,127)(H4,98,99,101)/t50-,56+,61-,62-,63-,64-,65-,66-,67-,68-,69-,70-,71-,72-,73-/m0/s1. The zero-order valence-electron chi connectivity index (χ0n) is 78.7. The number of aromatic amines is 3. The summed E-state index contributed by atoms with van der Waals surface area (Å²) in [7, 11) is 3.72. The maximum atomic E-state index is 15.8. The van der Waals surface area contributed by atoms with Gasteiger partial charge in [-0.25, -0.2) is 4.98 Å². The number of likely N-dealkylation sites (N-methyl/N-ethyl adjacent to an activating group) is 3. The van der Waals surface area contributed by atoms with Crippen LogP contribution >= 0.6 is 11.8 Å². The van der Waals surface area contributed by atoms with Gasteiger partial charge < -0.3 is 125 Å². The number of primary amides is 2. The molecule has 0 radical (unpaired) electrons. The molecule has 6 heterocycles. The predicted octanol–water partition coefficient (Wildman–Crippen LogP) is -1.62. The van der Waals surface area contributed by atoms with Gasteiger partial charge in [0.25, 0.3) is 0 Å². The fourth-order valence-electron chi connectivity index (χ4n) is 17.0. The number of aliphatic hydroxyl groups excluding tert-OH is 2. The fraction of sp³-hybridized carbons (Fsp3) is 0.533. The number of hydrogen-bond acceptors (Lipinski definition) is 22. The Hall–Kier alpha value is -13.7. The number of halogens is 3. The topological polar surface area (TPSA) is 641 Å². The minimum atomic E-state index is -4.91. The van der Waals surface area contributed by atoms with Gasteiger partial charge in [0.15, 0.2) is 5.96 Å². The van der Waals surface area contributed by atoms with Crippen LogP contribution in [0.2, 0.25) is 0 Å². The third-order valence-electron chi connectivity index (χ3n) is 24.6. The molecule has 3 aromatic carbocycles. The smallest absolute Gasteiger partial charge is 0.394 e. The van der Waals surface area contributed by atoms with E-state index in [9.17, 15) is 66.5 Å². The summed E-state index contributed by atoms with van der Waals surface area (Å²) in [4.78, 5) is 269. The van der Waals surface area contributed by atoms with Gasteiger partial charge in [-0.05, 0) is 92.7 Å². The number of unbranched alkanes of at least 4 members (excludes halogenated alkanes) is 2. The van der Waals surface area contributed by atoms with Crippen molar-refractivity contribution in [1.29, 1.82) is 5.41 Å². The molecule has 17 amide bonds. The van der Waals surface area contributed by atoms with Crippen LogP contribution in [0, 0.1) is 11.3 Å². The highest BCUT2D eigenvalue weighted by Gasteiger charge is 2.47. The molecule has 9 rings (SSSR count). The molecule has 756 valence electrons. The fourth-order valence-corrected chi connectivity index (χ4v) is 17.9. The zero-order valence-corrected chi connectivity index (χ0v) is 79.6. The second-order valence-corrected chi connectivity index (χ2v) is 36.5. The maximum Gasteiger partial charge on any atom is 0.416 e. The number of para-hydroxylation sites is 2. The number of nitrogens with zero attached hydrogens (tertiary/aromatic N) is 6. The molecule has 23 N–H and O–H groups in total. The first-order chi connectivity index (χ1) is 66.0. The molecule has 0 spiro atoms. The largest absolute Gasteiger partial charge is 0.416 e. The van der Waals surface area contributed by atoms with Gasteiger partial charge in [0, 0.05) is 125 Å². The lowest BCUT2D eigenvalue weighted by Gasteiger charge is -2.36. The van der Waals surface area contributed by atoms with Gasteiger partial charge in [0.05, 0.1) is 43.3 Å². The van der Waals surface area contributed by atoms with Gasteiger partial charge in [-0.15, -0.1) is 11.8 Å². The number of imidazole rings is 1. The Morgan fingerprint density at radius 3 is 1.71 bits per heavy atom. The third-order valence-corrected chi connectivity index (χ3v) is 25.7. The summed E-state index contributed by atoms with van der Waals surface area (Å²) in [5.74, 6) is -19.3. The van der Waals surface area contributed by atoms with Gasteiger partial charge >= 0.3 is 6.18 Å². The summed E-state index contributed by atoms with van der Waals surface area (Å²) in [6.45, 7) is 5.61. The Balaban J connectivity index is 1.11. The molecular formula is C92H127F3N24O19S. The molecule has 3 aliphatic rings. The van der Waals surface area contributed by atoms with E-state index in [0.29, 0.717) is 70.0 Å². The van der Waals surface area contributed by atoms with Gasteiger partial charge in [-0.2, -0.15) is 13.2 Å². The number of hydrogen-bond donors (Lipinski definition) is 20. The molecule has 0 aliphatic carbocycles. The molecule has 3 aliphatic heterocycles. The Labute approximate surface area is 804 Å². The van der Waals surface area contributed by atoms with Crippen molar-refractivity contribution in [2.24, 2.45) is 23.1 Å². The number of guanidine groups is 1. The molecule has 43 nitrogen and oxygen atoms in total. The van der Waals surface area contributed by atoms with Gasteiger partial charge in [-0.1, -0.05) is 108 Å². The van der Waals surface area contributed by atoms with E-state index in [1.165, 1.54) is 39.6 Å². The summed E-state index contributed by atoms with van der Waals surface area (Å²) in [6.07, 6.45) is -2.35. The lowest BCUT2D eigenvalue weighted by atomic mass is 10.00. The van der Waals surface area contributed by atoms with Crippen LogP contribution in [0.25, 0.3) is 21.8 Å². The average Bonchev–Trinajstić information content (AvgIpc) is 1.69. The molecule has 6 aromatic rings. The van der Waals surface area contributed by atoms with Crippen molar-refractivity contribution >= 4 is 140 Å². The van der Waals surface area contributed by atoms with Crippen LogP contribution < -0.4 is 75.7 Å². The van der Waals surface area contributed by atoms with Crippen molar-refractivity contribution in [1.82, 2.24) is 103 Å². The van der Waals surface area contributed by atoms with Crippen LogP contribution in [0.5, 0.6) is 0 Å². The Morgan fingerprint density at radius 1 is 0.568 bits per heavy atom. The Morgan fingerprint density at radius 2 is 1.12 bits per heavy atom. The molecule has 0 saturated carbocycles. The maximum absolute atomic E-state index is 15.8. The van der Waals surface area contributed by atoms with E-state index < -0.39 is 265 Å². The van der Waals surface area contributed by atoms with Crippen molar-refractivity contribution in [3.63, 3.8) is 0 Å². The molecule has 0 unspecified atom stereocenters. The summed E-state index contributed by atoms with van der Waals surface area (Å²) in [5, 5.41) is 60.3. The highest BCUT2D eigenvalue weighted by atomic mass is 32.2. The molecule has 139 heavy (non-hydrogen) atoms. The number of benzene rings is 3. The number of amides is 17. The number of carbonyl (C=O) groups excluding carboxylic acids is 17. The van der Waals surface area contributed by atoms with Crippen molar-refractivity contribution in [2.45, 2.75) is 241 Å². The molecular weight excluding hydrogens is 1830 g/mol. The average molecular weight is 1960 g/mol. The van der Waals surface area contributed by atoms with Crippen molar-refractivity contribution < 1.29 is 105 Å². The minimum Gasteiger partial charge on any atom is -0.394 e. The molecule has 3 fully saturated rings. The van der Waals surface area contributed by atoms with Crippen LogP contribution in [-0.2, 0) is 113 Å². The van der Waals surface area contributed by atoms with E-state index in [1.54, 1.807) is 81.7 Å². The number of aromatic nitrogens is 4. The van der Waals surface area contributed by atoms with Gasteiger partial charge in [-0.3, -0.25) is 86.9 Å². The molecule has 3 aromatic heterocycles. The summed E-state index contributed by atoms with van der Waals surface area (Å²) < 4.78 is 42.9. The predicted molar refractivity (Wildman–Crippen MR) is 503 cm³/mol. The van der Waals surface area contributed by atoms with Crippen LogP contribution in [0.15, 0.2) is 97.7 Å². The number of nitrogens with two attached hydrogens (primary N) is 3.